The van der Waals surface area contributed by atoms with Gasteiger partial charge in [0.2, 0.25) is 5.91 Å². The molecule has 1 aliphatic rings. The minimum Gasteiger partial charge on any atom is -0.348 e. The van der Waals surface area contributed by atoms with Crippen LogP contribution in [0.2, 0.25) is 0 Å². The second kappa shape index (κ2) is 8.43. The molecule has 3 rings (SSSR count). The van der Waals surface area contributed by atoms with Crippen molar-refractivity contribution in [3.8, 4) is 0 Å². The van der Waals surface area contributed by atoms with E-state index in [0.29, 0.717) is 6.42 Å². The van der Waals surface area contributed by atoms with Crippen LogP contribution in [-0.2, 0) is 9.59 Å². The first-order chi connectivity index (χ1) is 13.0. The van der Waals surface area contributed by atoms with Gasteiger partial charge in [0.15, 0.2) is 0 Å². The molecule has 142 valence electrons. The van der Waals surface area contributed by atoms with Gasteiger partial charge in [-0.15, -0.1) is 0 Å². The van der Waals surface area contributed by atoms with Crippen molar-refractivity contribution in [2.24, 2.45) is 0 Å². The molecule has 0 saturated carbocycles. The van der Waals surface area contributed by atoms with Crippen LogP contribution < -0.4 is 10.6 Å². The van der Waals surface area contributed by atoms with E-state index in [9.17, 15) is 14.4 Å². The fourth-order valence-corrected chi connectivity index (χ4v) is 3.62. The molecule has 0 unspecified atom stereocenters. The van der Waals surface area contributed by atoms with Crippen LogP contribution in [0.15, 0.2) is 42.5 Å². The van der Waals surface area contributed by atoms with Gasteiger partial charge in [0.05, 0.1) is 6.04 Å². The molecule has 1 saturated heterocycles. The third-order valence-corrected chi connectivity index (χ3v) is 5.31. The Morgan fingerprint density at radius 1 is 1.22 bits per heavy atom. The lowest BCUT2D eigenvalue weighted by Crippen LogP contribution is -2.41. The van der Waals surface area contributed by atoms with Gasteiger partial charge in [0.25, 0.3) is 5.91 Å². The number of imide groups is 1. The number of nitrogens with one attached hydrogen (secondary N) is 2. The lowest BCUT2D eigenvalue weighted by molar-refractivity contribution is -0.132. The van der Waals surface area contributed by atoms with E-state index in [0.717, 1.165) is 27.0 Å². The van der Waals surface area contributed by atoms with Gasteiger partial charge in [-0.25, -0.2) is 4.79 Å². The third-order valence-electron chi connectivity index (χ3n) is 4.67. The highest BCUT2D eigenvalue weighted by molar-refractivity contribution is 7.98. The zero-order chi connectivity index (χ0) is 19.4. The largest absolute Gasteiger partial charge is 0.348 e. The van der Waals surface area contributed by atoms with Crippen LogP contribution in [0.5, 0.6) is 0 Å². The van der Waals surface area contributed by atoms with Crippen LogP contribution in [0, 0.1) is 0 Å². The minimum atomic E-state index is -0.532. The van der Waals surface area contributed by atoms with Gasteiger partial charge in [-0.3, -0.25) is 14.5 Å². The van der Waals surface area contributed by atoms with Gasteiger partial charge in [0, 0.05) is 0 Å². The van der Waals surface area contributed by atoms with Crippen molar-refractivity contribution in [3.63, 3.8) is 0 Å². The summed E-state index contributed by atoms with van der Waals surface area (Å²) in [5.74, 6) is 0.0858. The molecule has 7 heteroatoms. The van der Waals surface area contributed by atoms with Crippen molar-refractivity contribution >= 4 is 40.4 Å². The quantitative estimate of drug-likeness (QED) is 0.719. The molecule has 2 aromatic rings. The molecule has 1 fully saturated rings. The van der Waals surface area contributed by atoms with Gasteiger partial charge in [-0.05, 0) is 47.8 Å². The Labute approximate surface area is 162 Å². The van der Waals surface area contributed by atoms with Gasteiger partial charge in [0.1, 0.15) is 12.6 Å². The highest BCUT2D eigenvalue weighted by Gasteiger charge is 2.38. The average Bonchev–Trinajstić information content (AvgIpc) is 2.93. The number of carbonyl (C=O) groups excluding carboxylic acids is 3. The third kappa shape index (κ3) is 4.42. The summed E-state index contributed by atoms with van der Waals surface area (Å²) < 4.78 is 0. The monoisotopic (exact) mass is 385 g/mol. The number of fused-ring (bicyclic) bond motifs is 1. The van der Waals surface area contributed by atoms with Crippen LogP contribution in [0.25, 0.3) is 10.8 Å². The molecule has 2 atom stereocenters. The smallest absolute Gasteiger partial charge is 0.325 e. The van der Waals surface area contributed by atoms with Crippen LogP contribution >= 0.6 is 11.8 Å². The average molecular weight is 385 g/mol. The molecule has 0 spiro atoms. The molecule has 1 heterocycles. The fraction of sp³-hybridized carbons (Fsp3) is 0.350. The number of thioether (sulfide) groups is 1. The van der Waals surface area contributed by atoms with E-state index in [-0.39, 0.29) is 24.4 Å². The summed E-state index contributed by atoms with van der Waals surface area (Å²) in [6.07, 6.45) is 2.51. The van der Waals surface area contributed by atoms with E-state index >= 15 is 0 Å². The topological polar surface area (TPSA) is 78.5 Å². The Balaban J connectivity index is 1.61. The molecular weight excluding hydrogens is 362 g/mol. The predicted molar refractivity (Wildman–Crippen MR) is 108 cm³/mol. The summed E-state index contributed by atoms with van der Waals surface area (Å²) in [7, 11) is 0. The zero-order valence-corrected chi connectivity index (χ0v) is 16.2. The molecule has 0 bridgehead atoms. The highest BCUT2D eigenvalue weighted by Crippen LogP contribution is 2.20. The van der Waals surface area contributed by atoms with E-state index in [4.69, 9.17) is 0 Å². The number of nitrogens with zero attached hydrogens (tertiary/aromatic N) is 1. The van der Waals surface area contributed by atoms with Gasteiger partial charge < -0.3 is 10.6 Å². The lowest BCUT2D eigenvalue weighted by atomic mass is 10.0. The second-order valence-electron chi connectivity index (χ2n) is 6.60. The standard InChI is InChI=1S/C20H23N3O3S/c1-13(15-8-7-14-5-3-4-6-16(14)11-15)21-18(24)12-23-19(25)17(9-10-27-2)22-20(23)26/h3-8,11,13,17H,9-10,12H2,1-2H3,(H,21,24)(H,22,26)/t13-,17-/m1/s1. The molecule has 0 aliphatic carbocycles. The molecule has 27 heavy (non-hydrogen) atoms. The van der Waals surface area contributed by atoms with E-state index in [2.05, 4.69) is 10.6 Å². The first-order valence-corrected chi connectivity index (χ1v) is 10.3. The van der Waals surface area contributed by atoms with Gasteiger partial charge >= 0.3 is 6.03 Å². The van der Waals surface area contributed by atoms with E-state index in [1.807, 2.05) is 55.6 Å². The summed E-state index contributed by atoms with van der Waals surface area (Å²) in [5, 5.41) is 7.75. The summed E-state index contributed by atoms with van der Waals surface area (Å²) in [4.78, 5) is 37.7. The van der Waals surface area contributed by atoms with Crippen LogP contribution in [0.3, 0.4) is 0 Å². The number of rotatable bonds is 7. The van der Waals surface area contributed by atoms with Crippen LogP contribution in [0.4, 0.5) is 4.79 Å². The SMILES string of the molecule is CSCC[C@H]1NC(=O)N(CC(=O)N[C@H](C)c2ccc3ccccc3c2)C1=O. The summed E-state index contributed by atoms with van der Waals surface area (Å²) in [5.41, 5.74) is 0.970. The molecule has 6 nitrogen and oxygen atoms in total. The van der Waals surface area contributed by atoms with E-state index < -0.39 is 12.1 Å². The summed E-state index contributed by atoms with van der Waals surface area (Å²) in [6.45, 7) is 1.62. The molecule has 2 aromatic carbocycles. The van der Waals surface area contributed by atoms with Crippen molar-refractivity contribution in [3.05, 3.63) is 48.0 Å². The first kappa shape index (κ1) is 19.2. The van der Waals surface area contributed by atoms with Crippen molar-refractivity contribution in [2.45, 2.75) is 25.4 Å². The number of carbonyl (C=O) groups is 3. The van der Waals surface area contributed by atoms with Crippen molar-refractivity contribution < 1.29 is 14.4 Å². The number of benzene rings is 2. The number of amides is 4. The first-order valence-electron chi connectivity index (χ1n) is 8.88. The molecule has 0 radical (unpaired) electrons. The van der Waals surface area contributed by atoms with Crippen molar-refractivity contribution in [2.75, 3.05) is 18.6 Å². The van der Waals surface area contributed by atoms with E-state index in [1.54, 1.807) is 11.8 Å². The Hall–Kier alpha value is -2.54. The fourth-order valence-electron chi connectivity index (χ4n) is 3.15. The summed E-state index contributed by atoms with van der Waals surface area (Å²) >= 11 is 1.61. The van der Waals surface area contributed by atoms with Crippen LogP contribution in [-0.4, -0.2) is 47.3 Å². The molecule has 1 aliphatic heterocycles. The maximum absolute atomic E-state index is 12.4. The normalized spacial score (nSPS) is 17.9. The van der Waals surface area contributed by atoms with E-state index in [1.165, 1.54) is 0 Å². The van der Waals surface area contributed by atoms with Gasteiger partial charge in [-0.1, -0.05) is 36.4 Å². The van der Waals surface area contributed by atoms with Gasteiger partial charge in [-0.2, -0.15) is 11.8 Å². The Morgan fingerprint density at radius 3 is 2.70 bits per heavy atom. The lowest BCUT2D eigenvalue weighted by Gasteiger charge is -2.18. The number of hydrogen-bond donors (Lipinski definition) is 2. The van der Waals surface area contributed by atoms with Crippen molar-refractivity contribution in [1.82, 2.24) is 15.5 Å². The Kier molecular flexibility index (Phi) is 6.01. The Morgan fingerprint density at radius 2 is 1.96 bits per heavy atom. The maximum Gasteiger partial charge on any atom is 0.325 e. The highest BCUT2D eigenvalue weighted by atomic mass is 32.2. The maximum atomic E-state index is 12.4. The second-order valence-corrected chi connectivity index (χ2v) is 7.59. The molecule has 2 N–H and O–H groups in total. The van der Waals surface area contributed by atoms with Crippen LogP contribution in [0.1, 0.15) is 24.9 Å². The molecular formula is C20H23N3O3S. The predicted octanol–water partition coefficient (Wildman–Crippen LogP) is 2.69. The molecule has 4 amide bonds. The van der Waals surface area contributed by atoms with Crippen molar-refractivity contribution in [1.29, 1.82) is 0 Å². The minimum absolute atomic E-state index is 0.227. The molecule has 0 aromatic heterocycles. The zero-order valence-electron chi connectivity index (χ0n) is 15.4. The Bertz CT molecular complexity index is 870. The number of hydrogen-bond acceptors (Lipinski definition) is 4. The number of urea groups is 1. The summed E-state index contributed by atoms with van der Waals surface area (Å²) in [6, 6.07) is 12.8.